The molecule has 1 saturated carbocycles. The maximum atomic E-state index is 12.4. The number of hydrogen-bond donors (Lipinski definition) is 4. The molecule has 0 radical (unpaired) electrons. The maximum Gasteiger partial charge on any atom is 0.260 e. The maximum absolute atomic E-state index is 12.4. The van der Waals surface area contributed by atoms with Gasteiger partial charge in [-0.15, -0.1) is 0 Å². The Morgan fingerprint density at radius 3 is 2.86 bits per heavy atom. The van der Waals surface area contributed by atoms with E-state index in [4.69, 9.17) is 0 Å². The van der Waals surface area contributed by atoms with Gasteiger partial charge in [0.25, 0.3) is 10.0 Å². The van der Waals surface area contributed by atoms with E-state index in [1.165, 1.54) is 0 Å². The molecule has 1 fully saturated rings. The molecule has 9 heteroatoms. The number of sulfonamides is 1. The predicted octanol–water partition coefficient (Wildman–Crippen LogP) is 0.172. The molecule has 1 aliphatic carbocycles. The van der Waals surface area contributed by atoms with Crippen LogP contribution in [0.2, 0.25) is 0 Å². The van der Waals surface area contributed by atoms with E-state index in [0.717, 1.165) is 24.1 Å². The number of nitrogens with zero attached hydrogens (tertiary/aromatic N) is 2. The SMILES string of the molecule is Cc1[nH]nc(S(=O)(=O)NCc2cn[nH]c2)c1CNC1CC1. The molecule has 3 rings (SSSR count). The summed E-state index contributed by atoms with van der Waals surface area (Å²) in [6.45, 7) is 2.52. The zero-order valence-corrected chi connectivity index (χ0v) is 12.5. The highest BCUT2D eigenvalue weighted by molar-refractivity contribution is 7.89. The molecular weight excluding hydrogens is 292 g/mol. The Labute approximate surface area is 122 Å². The quantitative estimate of drug-likeness (QED) is 0.582. The minimum Gasteiger partial charge on any atom is -0.310 e. The van der Waals surface area contributed by atoms with Crippen LogP contribution in [0.15, 0.2) is 17.4 Å². The number of aromatic amines is 2. The number of rotatable bonds is 7. The van der Waals surface area contributed by atoms with E-state index < -0.39 is 10.0 Å². The largest absolute Gasteiger partial charge is 0.310 e. The third-order valence-electron chi connectivity index (χ3n) is 3.46. The molecule has 0 saturated heterocycles. The molecule has 21 heavy (non-hydrogen) atoms. The van der Waals surface area contributed by atoms with Crippen molar-refractivity contribution in [1.29, 1.82) is 0 Å². The standard InChI is InChI=1S/C12H18N6O2S/c1-8-11(7-13-10-2-3-10)12(18-17-8)21(19,20)16-6-9-4-14-15-5-9/h4-5,10,13,16H,2-3,6-7H2,1H3,(H,14,15)(H,17,18). The van der Waals surface area contributed by atoms with Crippen LogP contribution in [-0.2, 0) is 23.1 Å². The summed E-state index contributed by atoms with van der Waals surface area (Å²) in [4.78, 5) is 0. The van der Waals surface area contributed by atoms with Crippen molar-refractivity contribution in [2.45, 2.75) is 43.9 Å². The average molecular weight is 310 g/mol. The fourth-order valence-corrected chi connectivity index (χ4v) is 3.22. The van der Waals surface area contributed by atoms with Crippen molar-refractivity contribution < 1.29 is 8.42 Å². The first-order valence-corrected chi connectivity index (χ1v) is 8.29. The number of aryl methyl sites for hydroxylation is 1. The third kappa shape index (κ3) is 3.31. The summed E-state index contributed by atoms with van der Waals surface area (Å²) in [6, 6.07) is 0.508. The van der Waals surface area contributed by atoms with Gasteiger partial charge in [-0.1, -0.05) is 0 Å². The molecule has 0 aliphatic heterocycles. The minimum atomic E-state index is -3.65. The number of H-pyrrole nitrogens is 2. The Bertz CT molecular complexity index is 702. The lowest BCUT2D eigenvalue weighted by Gasteiger charge is -2.07. The molecule has 0 amide bonds. The van der Waals surface area contributed by atoms with Crippen molar-refractivity contribution in [3.8, 4) is 0 Å². The number of nitrogens with one attached hydrogen (secondary N) is 4. The van der Waals surface area contributed by atoms with Gasteiger partial charge in [0.15, 0.2) is 5.03 Å². The molecule has 2 aromatic rings. The van der Waals surface area contributed by atoms with Crippen LogP contribution in [-0.4, -0.2) is 34.9 Å². The van der Waals surface area contributed by atoms with E-state index in [1.807, 2.05) is 6.92 Å². The normalized spacial score (nSPS) is 15.5. The van der Waals surface area contributed by atoms with E-state index in [1.54, 1.807) is 12.4 Å². The van der Waals surface area contributed by atoms with E-state index in [-0.39, 0.29) is 11.6 Å². The Morgan fingerprint density at radius 2 is 2.19 bits per heavy atom. The van der Waals surface area contributed by atoms with Crippen LogP contribution in [0.25, 0.3) is 0 Å². The minimum absolute atomic E-state index is 0.0663. The Morgan fingerprint density at radius 1 is 1.38 bits per heavy atom. The second-order valence-electron chi connectivity index (χ2n) is 5.22. The molecule has 114 valence electrons. The van der Waals surface area contributed by atoms with Crippen LogP contribution in [0.3, 0.4) is 0 Å². The van der Waals surface area contributed by atoms with Gasteiger partial charge >= 0.3 is 0 Å². The number of hydrogen-bond acceptors (Lipinski definition) is 5. The van der Waals surface area contributed by atoms with E-state index in [0.29, 0.717) is 18.2 Å². The van der Waals surface area contributed by atoms with Gasteiger partial charge in [-0.3, -0.25) is 10.2 Å². The predicted molar refractivity (Wildman–Crippen MR) is 75.8 cm³/mol. The lowest BCUT2D eigenvalue weighted by Crippen LogP contribution is -2.26. The van der Waals surface area contributed by atoms with Crippen LogP contribution in [0.5, 0.6) is 0 Å². The Kier molecular flexibility index (Phi) is 3.79. The first-order chi connectivity index (χ1) is 10.1. The van der Waals surface area contributed by atoms with Gasteiger partial charge in [0, 0.05) is 42.1 Å². The molecule has 0 aromatic carbocycles. The fraction of sp³-hybridized carbons (Fsp3) is 0.500. The smallest absolute Gasteiger partial charge is 0.260 e. The monoisotopic (exact) mass is 310 g/mol. The molecule has 8 nitrogen and oxygen atoms in total. The Balaban J connectivity index is 1.74. The molecule has 2 heterocycles. The molecule has 0 unspecified atom stereocenters. The first-order valence-electron chi connectivity index (χ1n) is 6.81. The van der Waals surface area contributed by atoms with Crippen LogP contribution >= 0.6 is 0 Å². The van der Waals surface area contributed by atoms with Crippen molar-refractivity contribution in [2.75, 3.05) is 0 Å². The third-order valence-corrected chi connectivity index (χ3v) is 4.83. The molecule has 0 spiro atoms. The van der Waals surface area contributed by atoms with Gasteiger partial charge < -0.3 is 5.32 Å². The van der Waals surface area contributed by atoms with Crippen LogP contribution in [0.1, 0.15) is 29.7 Å². The van der Waals surface area contributed by atoms with E-state index >= 15 is 0 Å². The van der Waals surface area contributed by atoms with Crippen LogP contribution in [0, 0.1) is 6.92 Å². The van der Waals surface area contributed by atoms with Crippen molar-refractivity contribution in [2.24, 2.45) is 0 Å². The van der Waals surface area contributed by atoms with Crippen LogP contribution < -0.4 is 10.0 Å². The van der Waals surface area contributed by atoms with E-state index in [9.17, 15) is 8.42 Å². The van der Waals surface area contributed by atoms with Gasteiger partial charge in [-0.25, -0.2) is 13.1 Å². The zero-order valence-electron chi connectivity index (χ0n) is 11.7. The van der Waals surface area contributed by atoms with Crippen molar-refractivity contribution >= 4 is 10.0 Å². The highest BCUT2D eigenvalue weighted by atomic mass is 32.2. The summed E-state index contributed by atoms with van der Waals surface area (Å²) in [5.41, 5.74) is 2.23. The first kappa shape index (κ1) is 14.2. The zero-order chi connectivity index (χ0) is 14.9. The van der Waals surface area contributed by atoms with Gasteiger partial charge in [0.2, 0.25) is 0 Å². The van der Waals surface area contributed by atoms with Crippen molar-refractivity contribution in [1.82, 2.24) is 30.4 Å². The molecular formula is C12H18N6O2S. The average Bonchev–Trinajstić information content (AvgIpc) is 2.98. The van der Waals surface area contributed by atoms with E-state index in [2.05, 4.69) is 30.4 Å². The lowest BCUT2D eigenvalue weighted by atomic mass is 10.2. The second kappa shape index (κ2) is 5.58. The molecule has 2 aromatic heterocycles. The number of aromatic nitrogens is 4. The summed E-state index contributed by atoms with van der Waals surface area (Å²) in [6.07, 6.45) is 5.52. The second-order valence-corrected chi connectivity index (χ2v) is 6.90. The highest BCUT2D eigenvalue weighted by Gasteiger charge is 2.26. The summed E-state index contributed by atoms with van der Waals surface area (Å²) >= 11 is 0. The summed E-state index contributed by atoms with van der Waals surface area (Å²) < 4.78 is 27.3. The summed E-state index contributed by atoms with van der Waals surface area (Å²) in [5, 5.41) is 16.5. The molecule has 1 aliphatic rings. The van der Waals surface area contributed by atoms with Crippen LogP contribution in [0.4, 0.5) is 0 Å². The fourth-order valence-electron chi connectivity index (χ4n) is 2.02. The highest BCUT2D eigenvalue weighted by Crippen LogP contribution is 2.22. The summed E-state index contributed by atoms with van der Waals surface area (Å²) in [7, 11) is -3.65. The van der Waals surface area contributed by atoms with Gasteiger partial charge in [0.1, 0.15) is 0 Å². The van der Waals surface area contributed by atoms with Gasteiger partial charge in [-0.05, 0) is 19.8 Å². The molecule has 0 atom stereocenters. The Hall–Kier alpha value is -1.71. The van der Waals surface area contributed by atoms with Gasteiger partial charge in [0.05, 0.1) is 6.20 Å². The topological polar surface area (TPSA) is 116 Å². The molecule has 0 bridgehead atoms. The van der Waals surface area contributed by atoms with Crippen molar-refractivity contribution in [3.05, 3.63) is 29.2 Å². The van der Waals surface area contributed by atoms with Crippen molar-refractivity contribution in [3.63, 3.8) is 0 Å². The van der Waals surface area contributed by atoms with Gasteiger partial charge in [-0.2, -0.15) is 10.2 Å². The summed E-state index contributed by atoms with van der Waals surface area (Å²) in [5.74, 6) is 0. The molecule has 4 N–H and O–H groups in total. The lowest BCUT2D eigenvalue weighted by molar-refractivity contribution is 0.573.